The van der Waals surface area contributed by atoms with E-state index >= 15 is 0 Å². The summed E-state index contributed by atoms with van der Waals surface area (Å²) >= 11 is 0. The minimum atomic E-state index is -1.44. The number of carbonyl (C=O) groups is 5. The molecule has 50 heavy (non-hydrogen) atoms. The molecule has 0 radical (unpaired) electrons. The molecule has 11 heteroatoms. The van der Waals surface area contributed by atoms with Gasteiger partial charge in [-0.15, -0.1) is 0 Å². The maximum atomic E-state index is 13.8. The predicted octanol–water partition coefficient (Wildman–Crippen LogP) is 6.63. The number of alkyl carbamates (subject to hydrolysis) is 1. The Balaban J connectivity index is 1.16. The van der Waals surface area contributed by atoms with Gasteiger partial charge in [-0.05, 0) is 66.8 Å². The second-order valence-corrected chi connectivity index (χ2v) is 13.1. The second kappa shape index (κ2) is 12.7. The third-order valence-electron chi connectivity index (χ3n) is 8.67. The molecule has 1 N–H and O–H groups in total. The summed E-state index contributed by atoms with van der Waals surface area (Å²) < 4.78 is 12.6. The zero-order valence-electron chi connectivity index (χ0n) is 27.5. The van der Waals surface area contributed by atoms with Crippen LogP contribution < -0.4 is 5.32 Å². The van der Waals surface area contributed by atoms with Crippen molar-refractivity contribution in [3.63, 3.8) is 0 Å². The molecule has 0 fully saturated rings. The molecule has 11 nitrogen and oxygen atoms in total. The molecule has 7 rings (SSSR count). The van der Waals surface area contributed by atoms with E-state index in [0.29, 0.717) is 21.5 Å². The average molecular weight is 672 g/mol. The van der Waals surface area contributed by atoms with Crippen LogP contribution in [0.3, 0.4) is 0 Å². The van der Waals surface area contributed by atoms with Crippen LogP contribution in [0, 0.1) is 0 Å². The van der Waals surface area contributed by atoms with Crippen LogP contribution in [0.4, 0.5) is 9.59 Å². The number of hydrogen-bond acceptors (Lipinski definition) is 8. The predicted molar refractivity (Wildman–Crippen MR) is 182 cm³/mol. The van der Waals surface area contributed by atoms with Gasteiger partial charge in [0.15, 0.2) is 0 Å². The molecule has 3 amide bonds. The Hall–Kier alpha value is -6.23. The molecule has 252 valence electrons. The molecule has 5 aromatic rings. The van der Waals surface area contributed by atoms with Gasteiger partial charge in [-0.3, -0.25) is 14.2 Å². The summed E-state index contributed by atoms with van der Waals surface area (Å²) in [6.45, 7) is 5.24. The number of fused-ring (bicyclic) bond motifs is 5. The lowest BCUT2D eigenvalue weighted by Crippen LogP contribution is -2.47. The van der Waals surface area contributed by atoms with E-state index in [1.807, 2.05) is 48.5 Å². The van der Waals surface area contributed by atoms with Gasteiger partial charge in [0, 0.05) is 23.9 Å². The fraction of sp³-hybridized carbons (Fsp3) is 0.205. The zero-order valence-corrected chi connectivity index (χ0v) is 27.5. The molecular formula is C39H33N3O8. The van der Waals surface area contributed by atoms with Gasteiger partial charge in [-0.1, -0.05) is 83.9 Å². The molecule has 0 bridgehead atoms. The number of hydroxylamine groups is 2. The highest BCUT2D eigenvalue weighted by molar-refractivity contribution is 6.21. The molecule has 1 aromatic heterocycles. The smallest absolute Gasteiger partial charge is 0.419 e. The summed E-state index contributed by atoms with van der Waals surface area (Å²) in [4.78, 5) is 71.8. The average Bonchev–Trinajstić information content (AvgIpc) is 3.71. The van der Waals surface area contributed by atoms with Crippen molar-refractivity contribution in [2.75, 3.05) is 6.61 Å². The molecule has 1 aliphatic carbocycles. The fourth-order valence-corrected chi connectivity index (χ4v) is 6.47. The molecule has 4 aromatic carbocycles. The number of rotatable bonds is 7. The number of carbonyl (C=O) groups excluding carboxylic acids is 5. The van der Waals surface area contributed by atoms with Crippen LogP contribution in [0.15, 0.2) is 103 Å². The molecule has 0 unspecified atom stereocenters. The summed E-state index contributed by atoms with van der Waals surface area (Å²) in [5.41, 5.74) is 4.56. The number of para-hydroxylation sites is 1. The number of benzene rings is 4. The normalized spacial score (nSPS) is 14.2. The number of aromatic nitrogens is 1. The first kappa shape index (κ1) is 32.3. The SMILES string of the molecule is CC(C)(C)OC(=O)n1cc(C[C@H](NC(=O)OCC2c3ccccc3-c3ccccc32)C(=O)ON2C(=O)c3ccccc3C2=O)c2ccccc21. The van der Waals surface area contributed by atoms with Crippen LogP contribution >= 0.6 is 0 Å². The number of imide groups is 1. The summed E-state index contributed by atoms with van der Waals surface area (Å²) in [5.74, 6) is -2.92. The quantitative estimate of drug-likeness (QED) is 0.191. The minimum Gasteiger partial charge on any atom is -0.449 e. The van der Waals surface area contributed by atoms with Gasteiger partial charge in [-0.2, -0.15) is 0 Å². The first-order chi connectivity index (χ1) is 24.0. The highest BCUT2D eigenvalue weighted by atomic mass is 16.7. The van der Waals surface area contributed by atoms with Crippen LogP contribution in [0.2, 0.25) is 0 Å². The molecule has 0 saturated heterocycles. The van der Waals surface area contributed by atoms with Crippen molar-refractivity contribution in [1.82, 2.24) is 14.9 Å². The Bertz CT molecular complexity index is 2120. The molecule has 0 saturated carbocycles. The standard InChI is InChI=1S/C39H33N3O8/c1-39(2,3)49-38(47)41-21-23(24-12-10-11-19-33(24)41)20-32(36(45)50-42-34(43)29-17-8-9-18-30(29)35(42)44)40-37(46)48-22-31-27-15-6-4-13-25(27)26-14-5-7-16-28(26)31/h4-19,21,31-32H,20,22H2,1-3H3,(H,40,46)/t32-/m0/s1. The number of ether oxygens (including phenoxy) is 2. The Morgan fingerprint density at radius 3 is 1.90 bits per heavy atom. The van der Waals surface area contributed by atoms with Crippen LogP contribution in [0.1, 0.15) is 64.1 Å². The van der Waals surface area contributed by atoms with E-state index in [0.717, 1.165) is 22.3 Å². The van der Waals surface area contributed by atoms with Gasteiger partial charge >= 0.3 is 18.2 Å². The van der Waals surface area contributed by atoms with Crippen LogP contribution in [-0.2, 0) is 25.5 Å². The Kier molecular flexibility index (Phi) is 8.19. The van der Waals surface area contributed by atoms with Gasteiger partial charge in [0.1, 0.15) is 18.2 Å². The summed E-state index contributed by atoms with van der Waals surface area (Å²) in [6.07, 6.45) is -0.190. The Morgan fingerprint density at radius 1 is 0.760 bits per heavy atom. The lowest BCUT2D eigenvalue weighted by Gasteiger charge is -2.21. The van der Waals surface area contributed by atoms with E-state index in [9.17, 15) is 24.0 Å². The molecular weight excluding hydrogens is 638 g/mol. The third kappa shape index (κ3) is 5.98. The fourth-order valence-electron chi connectivity index (χ4n) is 6.47. The summed E-state index contributed by atoms with van der Waals surface area (Å²) in [6, 6.07) is 27.5. The van der Waals surface area contributed by atoms with Crippen LogP contribution in [0.5, 0.6) is 0 Å². The highest BCUT2D eigenvalue weighted by Gasteiger charge is 2.40. The Labute approximate surface area is 287 Å². The van der Waals surface area contributed by atoms with Gasteiger partial charge in [0.05, 0.1) is 16.6 Å². The van der Waals surface area contributed by atoms with E-state index in [4.69, 9.17) is 14.3 Å². The lowest BCUT2D eigenvalue weighted by molar-refractivity contribution is -0.171. The molecule has 1 aliphatic heterocycles. The second-order valence-electron chi connectivity index (χ2n) is 13.1. The maximum Gasteiger partial charge on any atom is 0.419 e. The maximum absolute atomic E-state index is 13.8. The van der Waals surface area contributed by atoms with Gasteiger partial charge in [0.25, 0.3) is 11.8 Å². The molecule has 2 aliphatic rings. The van der Waals surface area contributed by atoms with Gasteiger partial charge in [0.2, 0.25) is 0 Å². The first-order valence-corrected chi connectivity index (χ1v) is 16.1. The number of hydrogen-bond donors (Lipinski definition) is 1. The monoisotopic (exact) mass is 671 g/mol. The molecule has 1 atom stereocenters. The van der Waals surface area contributed by atoms with Crippen molar-refractivity contribution in [3.8, 4) is 11.1 Å². The highest BCUT2D eigenvalue weighted by Crippen LogP contribution is 2.44. The van der Waals surface area contributed by atoms with Crippen LogP contribution in [0.25, 0.3) is 22.0 Å². The molecule has 2 heterocycles. The lowest BCUT2D eigenvalue weighted by atomic mass is 9.98. The zero-order chi connectivity index (χ0) is 35.2. The van der Waals surface area contributed by atoms with Crippen LogP contribution in [-0.4, -0.2) is 57.9 Å². The van der Waals surface area contributed by atoms with Crippen molar-refractivity contribution in [3.05, 3.63) is 131 Å². The topological polar surface area (TPSA) is 133 Å². The van der Waals surface area contributed by atoms with E-state index in [2.05, 4.69) is 5.32 Å². The van der Waals surface area contributed by atoms with Crippen molar-refractivity contribution in [2.45, 2.75) is 44.8 Å². The van der Waals surface area contributed by atoms with Crippen molar-refractivity contribution in [1.29, 1.82) is 0 Å². The van der Waals surface area contributed by atoms with Gasteiger partial charge < -0.3 is 19.6 Å². The van der Waals surface area contributed by atoms with E-state index in [1.54, 1.807) is 57.2 Å². The number of nitrogens with one attached hydrogen (secondary N) is 1. The van der Waals surface area contributed by atoms with E-state index in [1.165, 1.54) is 22.9 Å². The van der Waals surface area contributed by atoms with E-state index < -0.39 is 41.6 Å². The van der Waals surface area contributed by atoms with Crippen molar-refractivity contribution in [2.24, 2.45) is 0 Å². The summed E-state index contributed by atoms with van der Waals surface area (Å²) in [5, 5.41) is 3.60. The van der Waals surface area contributed by atoms with Gasteiger partial charge in [-0.25, -0.2) is 14.4 Å². The number of amides is 3. The third-order valence-corrected chi connectivity index (χ3v) is 8.67. The Morgan fingerprint density at radius 2 is 1.30 bits per heavy atom. The summed E-state index contributed by atoms with van der Waals surface area (Å²) in [7, 11) is 0. The van der Waals surface area contributed by atoms with Crippen molar-refractivity contribution < 1.29 is 38.3 Å². The number of nitrogens with zero attached hydrogens (tertiary/aromatic N) is 2. The van der Waals surface area contributed by atoms with E-state index in [-0.39, 0.29) is 30.1 Å². The van der Waals surface area contributed by atoms with Crippen molar-refractivity contribution >= 4 is 40.9 Å². The first-order valence-electron chi connectivity index (χ1n) is 16.1. The largest absolute Gasteiger partial charge is 0.449 e. The molecule has 0 spiro atoms. The minimum absolute atomic E-state index is 0.0159.